The maximum Gasteiger partial charge on any atom is 0.222 e. The smallest absolute Gasteiger partial charge is 0.222 e. The Balaban J connectivity index is 1.78. The third-order valence-electron chi connectivity index (χ3n) is 4.15. The minimum Gasteiger partial charge on any atom is -0.341 e. The molecule has 1 amide bonds. The highest BCUT2D eigenvalue weighted by atomic mass is 16.2. The van der Waals surface area contributed by atoms with Gasteiger partial charge in [0.2, 0.25) is 5.91 Å². The summed E-state index contributed by atoms with van der Waals surface area (Å²) in [7, 11) is 0. The van der Waals surface area contributed by atoms with Gasteiger partial charge in [0.25, 0.3) is 0 Å². The summed E-state index contributed by atoms with van der Waals surface area (Å²) in [6, 6.07) is 1.26. The molecule has 0 aromatic carbocycles. The van der Waals surface area contributed by atoms with E-state index in [1.807, 2.05) is 11.8 Å². The van der Waals surface area contributed by atoms with Crippen molar-refractivity contribution >= 4 is 5.91 Å². The molecule has 2 rings (SSSR count). The number of carbonyl (C=O) groups is 1. The standard InChI is InChI=1S/C14H26N2O/c1-2-14(17)16-10-6-9-13(11-16)15-12-7-4-3-5-8-12/h12-13,15H,2-11H2,1H3. The summed E-state index contributed by atoms with van der Waals surface area (Å²) in [6.07, 6.45) is 9.87. The van der Waals surface area contributed by atoms with Crippen molar-refractivity contribution in [1.29, 1.82) is 0 Å². The number of amides is 1. The topological polar surface area (TPSA) is 32.3 Å². The first-order chi connectivity index (χ1) is 8.29. The third-order valence-corrected chi connectivity index (χ3v) is 4.15. The highest BCUT2D eigenvalue weighted by Crippen LogP contribution is 2.20. The number of carbonyl (C=O) groups excluding carboxylic acids is 1. The minimum absolute atomic E-state index is 0.320. The van der Waals surface area contributed by atoms with Crippen LogP contribution in [0.25, 0.3) is 0 Å². The second kappa shape index (κ2) is 6.39. The first kappa shape index (κ1) is 12.9. The van der Waals surface area contributed by atoms with E-state index in [-0.39, 0.29) is 0 Å². The maximum atomic E-state index is 11.7. The van der Waals surface area contributed by atoms with Crippen LogP contribution in [0, 0.1) is 0 Å². The average molecular weight is 238 g/mol. The molecule has 1 aliphatic heterocycles. The molecule has 1 atom stereocenters. The van der Waals surface area contributed by atoms with Gasteiger partial charge in [0.05, 0.1) is 0 Å². The molecule has 2 aliphatic rings. The van der Waals surface area contributed by atoms with Gasteiger partial charge in [-0.05, 0) is 25.7 Å². The van der Waals surface area contributed by atoms with Gasteiger partial charge in [0.1, 0.15) is 0 Å². The van der Waals surface area contributed by atoms with Gasteiger partial charge in [0, 0.05) is 31.6 Å². The molecule has 0 radical (unpaired) electrons. The maximum absolute atomic E-state index is 11.7. The summed E-state index contributed by atoms with van der Waals surface area (Å²) in [5.41, 5.74) is 0. The normalized spacial score (nSPS) is 27.1. The van der Waals surface area contributed by atoms with E-state index < -0.39 is 0 Å². The van der Waals surface area contributed by atoms with Gasteiger partial charge in [0.15, 0.2) is 0 Å². The highest BCUT2D eigenvalue weighted by Gasteiger charge is 2.25. The number of nitrogens with zero attached hydrogens (tertiary/aromatic N) is 1. The number of hydrogen-bond donors (Lipinski definition) is 1. The fourth-order valence-electron chi connectivity index (χ4n) is 3.17. The Bertz CT molecular complexity index is 249. The SMILES string of the molecule is CCC(=O)N1CCCC(NC2CCCCC2)C1. The summed E-state index contributed by atoms with van der Waals surface area (Å²) in [5, 5.41) is 3.77. The van der Waals surface area contributed by atoms with Gasteiger partial charge in [-0.3, -0.25) is 4.79 Å². The second-order valence-electron chi connectivity index (χ2n) is 5.53. The molecule has 0 bridgehead atoms. The van der Waals surface area contributed by atoms with Crippen LogP contribution in [0.15, 0.2) is 0 Å². The Morgan fingerprint density at radius 3 is 2.53 bits per heavy atom. The van der Waals surface area contributed by atoms with Gasteiger partial charge in [-0.15, -0.1) is 0 Å². The molecule has 3 nitrogen and oxygen atoms in total. The highest BCUT2D eigenvalue weighted by molar-refractivity contribution is 5.75. The molecule has 1 N–H and O–H groups in total. The number of likely N-dealkylation sites (tertiary alicyclic amines) is 1. The molecule has 1 saturated heterocycles. The van der Waals surface area contributed by atoms with Crippen molar-refractivity contribution in [3.05, 3.63) is 0 Å². The average Bonchev–Trinajstić information content (AvgIpc) is 2.39. The van der Waals surface area contributed by atoms with Crippen LogP contribution in [0.4, 0.5) is 0 Å². The van der Waals surface area contributed by atoms with E-state index in [0.29, 0.717) is 24.4 Å². The third kappa shape index (κ3) is 3.70. The lowest BCUT2D eigenvalue weighted by molar-refractivity contribution is -0.132. The van der Waals surface area contributed by atoms with E-state index in [2.05, 4.69) is 5.32 Å². The Hall–Kier alpha value is -0.570. The van der Waals surface area contributed by atoms with Crippen molar-refractivity contribution in [3.8, 4) is 0 Å². The van der Waals surface area contributed by atoms with Crippen LogP contribution in [0.1, 0.15) is 58.3 Å². The van der Waals surface area contributed by atoms with Crippen LogP contribution in [0.3, 0.4) is 0 Å². The quantitative estimate of drug-likeness (QED) is 0.818. The summed E-state index contributed by atoms with van der Waals surface area (Å²) < 4.78 is 0. The summed E-state index contributed by atoms with van der Waals surface area (Å²) in [6.45, 7) is 3.86. The Morgan fingerprint density at radius 2 is 1.82 bits per heavy atom. The van der Waals surface area contributed by atoms with Crippen LogP contribution in [0.5, 0.6) is 0 Å². The van der Waals surface area contributed by atoms with E-state index >= 15 is 0 Å². The molecule has 0 aromatic rings. The summed E-state index contributed by atoms with van der Waals surface area (Å²) in [5.74, 6) is 0.320. The fraction of sp³-hybridized carbons (Fsp3) is 0.929. The van der Waals surface area contributed by atoms with Gasteiger partial charge in [-0.1, -0.05) is 26.2 Å². The van der Waals surface area contributed by atoms with Crippen molar-refractivity contribution in [3.63, 3.8) is 0 Å². The Kier molecular flexibility index (Phi) is 4.84. The van der Waals surface area contributed by atoms with Crippen LogP contribution in [-0.2, 0) is 4.79 Å². The number of rotatable bonds is 3. The monoisotopic (exact) mass is 238 g/mol. The molecule has 0 aromatic heterocycles. The van der Waals surface area contributed by atoms with E-state index in [9.17, 15) is 4.79 Å². The molecule has 1 saturated carbocycles. The Labute approximate surface area is 105 Å². The molecular weight excluding hydrogens is 212 g/mol. The minimum atomic E-state index is 0.320. The van der Waals surface area contributed by atoms with Crippen LogP contribution in [-0.4, -0.2) is 36.0 Å². The van der Waals surface area contributed by atoms with Gasteiger partial charge >= 0.3 is 0 Å². The lowest BCUT2D eigenvalue weighted by Gasteiger charge is -2.36. The van der Waals surface area contributed by atoms with E-state index in [0.717, 1.165) is 19.5 Å². The summed E-state index contributed by atoms with van der Waals surface area (Å²) in [4.78, 5) is 13.7. The summed E-state index contributed by atoms with van der Waals surface area (Å²) >= 11 is 0. The lowest BCUT2D eigenvalue weighted by atomic mass is 9.93. The molecule has 1 heterocycles. The molecular formula is C14H26N2O. The second-order valence-corrected chi connectivity index (χ2v) is 5.53. The molecule has 0 spiro atoms. The zero-order valence-electron chi connectivity index (χ0n) is 11.1. The van der Waals surface area contributed by atoms with Crippen LogP contribution >= 0.6 is 0 Å². The number of piperidine rings is 1. The van der Waals surface area contributed by atoms with Crippen LogP contribution < -0.4 is 5.32 Å². The number of nitrogens with one attached hydrogen (secondary N) is 1. The molecule has 2 fully saturated rings. The molecule has 17 heavy (non-hydrogen) atoms. The van der Waals surface area contributed by atoms with E-state index in [1.165, 1.54) is 38.5 Å². The molecule has 3 heteroatoms. The van der Waals surface area contributed by atoms with Gasteiger partial charge in [-0.25, -0.2) is 0 Å². The van der Waals surface area contributed by atoms with Gasteiger partial charge < -0.3 is 10.2 Å². The first-order valence-corrected chi connectivity index (χ1v) is 7.33. The van der Waals surface area contributed by atoms with E-state index in [4.69, 9.17) is 0 Å². The van der Waals surface area contributed by atoms with Crippen molar-refractivity contribution in [1.82, 2.24) is 10.2 Å². The predicted octanol–water partition coefficient (Wildman–Crippen LogP) is 2.31. The predicted molar refractivity (Wildman–Crippen MR) is 69.9 cm³/mol. The van der Waals surface area contributed by atoms with E-state index in [1.54, 1.807) is 0 Å². The zero-order chi connectivity index (χ0) is 12.1. The number of hydrogen-bond acceptors (Lipinski definition) is 2. The molecule has 1 aliphatic carbocycles. The first-order valence-electron chi connectivity index (χ1n) is 7.33. The largest absolute Gasteiger partial charge is 0.341 e. The zero-order valence-corrected chi connectivity index (χ0v) is 11.1. The van der Waals surface area contributed by atoms with Crippen molar-refractivity contribution in [2.75, 3.05) is 13.1 Å². The van der Waals surface area contributed by atoms with Gasteiger partial charge in [-0.2, -0.15) is 0 Å². The van der Waals surface area contributed by atoms with Crippen molar-refractivity contribution < 1.29 is 4.79 Å². The van der Waals surface area contributed by atoms with Crippen molar-refractivity contribution in [2.45, 2.75) is 70.4 Å². The Morgan fingerprint density at radius 1 is 1.12 bits per heavy atom. The fourth-order valence-corrected chi connectivity index (χ4v) is 3.17. The lowest BCUT2D eigenvalue weighted by Crippen LogP contribution is -2.51. The molecule has 1 unspecified atom stereocenters. The van der Waals surface area contributed by atoms with Crippen molar-refractivity contribution in [2.24, 2.45) is 0 Å². The molecule has 98 valence electrons. The van der Waals surface area contributed by atoms with Crippen LogP contribution in [0.2, 0.25) is 0 Å².